The molecule has 2 aliphatic rings. The summed E-state index contributed by atoms with van der Waals surface area (Å²) in [4.78, 5) is 19.5. The first kappa shape index (κ1) is 19.2. The number of nitrogens with zero attached hydrogens (tertiary/aromatic N) is 3. The maximum Gasteiger partial charge on any atom is 0.222 e. The number of hydrogen-bond acceptors (Lipinski definition) is 4. The molecular weight excluding hydrogens is 374 g/mol. The van der Waals surface area contributed by atoms with Gasteiger partial charge in [-0.3, -0.25) is 4.79 Å². The van der Waals surface area contributed by atoms with Crippen molar-refractivity contribution in [3.05, 3.63) is 30.1 Å². The van der Waals surface area contributed by atoms with E-state index >= 15 is 0 Å². The molecule has 2 aromatic rings. The highest BCUT2D eigenvalue weighted by Gasteiger charge is 2.26. The lowest BCUT2D eigenvalue weighted by Gasteiger charge is -2.31. The van der Waals surface area contributed by atoms with E-state index in [9.17, 15) is 4.79 Å². The smallest absolute Gasteiger partial charge is 0.222 e. The molecule has 3 heterocycles. The maximum absolute atomic E-state index is 12.5. The molecule has 146 valence electrons. The number of piperidine rings is 1. The predicted molar refractivity (Wildman–Crippen MR) is 116 cm³/mol. The molecule has 0 aliphatic carbocycles. The number of aryl methyl sites for hydroxylation is 1. The average Bonchev–Trinajstić information content (AvgIpc) is 3.34. The topological polar surface area (TPSA) is 38.1 Å². The number of likely N-dealkylation sites (tertiary alicyclic amines) is 1. The number of amides is 1. The van der Waals surface area contributed by atoms with Crippen LogP contribution in [0, 0.1) is 0 Å². The first-order chi connectivity index (χ1) is 13.2. The van der Waals surface area contributed by atoms with E-state index in [1.165, 1.54) is 36.4 Å². The van der Waals surface area contributed by atoms with E-state index in [-0.39, 0.29) is 0 Å². The molecule has 27 heavy (non-hydrogen) atoms. The van der Waals surface area contributed by atoms with Crippen LogP contribution in [-0.4, -0.2) is 44.5 Å². The van der Waals surface area contributed by atoms with Crippen molar-refractivity contribution in [2.24, 2.45) is 7.05 Å². The van der Waals surface area contributed by atoms with Gasteiger partial charge in [0.05, 0.1) is 11.0 Å². The van der Waals surface area contributed by atoms with E-state index in [1.54, 1.807) is 0 Å². The Labute approximate surface area is 169 Å². The Hall–Kier alpha value is -1.14. The monoisotopic (exact) mass is 403 g/mol. The van der Waals surface area contributed by atoms with Crippen molar-refractivity contribution >= 4 is 38.5 Å². The van der Waals surface area contributed by atoms with Crippen LogP contribution in [0.4, 0.5) is 0 Å². The molecule has 0 saturated carbocycles. The summed E-state index contributed by atoms with van der Waals surface area (Å²) in [5, 5.41) is 0.828. The minimum atomic E-state index is 0.354. The van der Waals surface area contributed by atoms with Gasteiger partial charge in [0.15, 0.2) is 0 Å². The van der Waals surface area contributed by atoms with Gasteiger partial charge in [-0.05, 0) is 44.2 Å². The van der Waals surface area contributed by atoms with Crippen LogP contribution in [0.1, 0.15) is 56.7 Å². The number of carbonyl (C=O) groups is 1. The summed E-state index contributed by atoms with van der Waals surface area (Å²) in [6.45, 7) is 1.75. The maximum atomic E-state index is 12.5. The van der Waals surface area contributed by atoms with Crippen molar-refractivity contribution in [2.75, 3.05) is 18.8 Å². The Morgan fingerprint density at radius 3 is 2.74 bits per heavy atom. The van der Waals surface area contributed by atoms with Gasteiger partial charge in [0.25, 0.3) is 0 Å². The number of rotatable bonds is 6. The van der Waals surface area contributed by atoms with E-state index in [4.69, 9.17) is 4.98 Å². The van der Waals surface area contributed by atoms with Gasteiger partial charge in [0, 0.05) is 43.5 Å². The summed E-state index contributed by atoms with van der Waals surface area (Å²) in [5.74, 6) is 3.29. The summed E-state index contributed by atoms with van der Waals surface area (Å²) < 4.78 is 2.23. The van der Waals surface area contributed by atoms with Gasteiger partial charge in [0.1, 0.15) is 5.82 Å². The molecule has 4 rings (SSSR count). The molecule has 0 radical (unpaired) electrons. The van der Waals surface area contributed by atoms with E-state index in [1.807, 2.05) is 27.7 Å². The number of fused-ring (bicyclic) bond motifs is 1. The molecule has 1 unspecified atom stereocenters. The number of benzene rings is 1. The minimum absolute atomic E-state index is 0.354. The van der Waals surface area contributed by atoms with E-state index in [0.717, 1.165) is 49.5 Å². The van der Waals surface area contributed by atoms with Gasteiger partial charge in [-0.15, -0.1) is 0 Å². The highest BCUT2D eigenvalue weighted by molar-refractivity contribution is 8.77. The van der Waals surface area contributed by atoms with Crippen LogP contribution < -0.4 is 0 Å². The van der Waals surface area contributed by atoms with E-state index < -0.39 is 0 Å². The van der Waals surface area contributed by atoms with Crippen LogP contribution in [0.25, 0.3) is 11.0 Å². The molecule has 0 spiro atoms. The van der Waals surface area contributed by atoms with Crippen molar-refractivity contribution in [3.63, 3.8) is 0 Å². The zero-order chi connectivity index (χ0) is 18.6. The molecule has 4 nitrogen and oxygen atoms in total. The fourth-order valence-electron chi connectivity index (χ4n) is 4.29. The summed E-state index contributed by atoms with van der Waals surface area (Å²) >= 11 is 0. The van der Waals surface area contributed by atoms with Crippen LogP contribution in [0.2, 0.25) is 0 Å². The Bertz CT molecular complexity index is 777. The Morgan fingerprint density at radius 1 is 1.19 bits per heavy atom. The second-order valence-electron chi connectivity index (χ2n) is 7.75. The van der Waals surface area contributed by atoms with Crippen LogP contribution in [0.5, 0.6) is 0 Å². The third-order valence-corrected chi connectivity index (χ3v) is 8.94. The molecule has 2 fully saturated rings. The van der Waals surface area contributed by atoms with Gasteiger partial charge in [-0.1, -0.05) is 40.1 Å². The summed E-state index contributed by atoms with van der Waals surface area (Å²) in [6.07, 6.45) is 7.64. The van der Waals surface area contributed by atoms with Crippen LogP contribution in [-0.2, 0) is 11.8 Å². The number of aromatic nitrogens is 2. The molecule has 0 N–H and O–H groups in total. The highest BCUT2D eigenvalue weighted by atomic mass is 33.1. The lowest BCUT2D eigenvalue weighted by atomic mass is 9.95. The van der Waals surface area contributed by atoms with Gasteiger partial charge in [0.2, 0.25) is 5.91 Å². The zero-order valence-electron chi connectivity index (χ0n) is 16.1. The molecule has 1 aromatic carbocycles. The lowest BCUT2D eigenvalue weighted by Crippen LogP contribution is -2.38. The van der Waals surface area contributed by atoms with Crippen molar-refractivity contribution in [1.29, 1.82) is 0 Å². The largest absolute Gasteiger partial charge is 0.343 e. The van der Waals surface area contributed by atoms with Gasteiger partial charge in [-0.2, -0.15) is 0 Å². The lowest BCUT2D eigenvalue weighted by molar-refractivity contribution is -0.132. The van der Waals surface area contributed by atoms with Crippen molar-refractivity contribution < 1.29 is 4.79 Å². The molecule has 1 aromatic heterocycles. The van der Waals surface area contributed by atoms with Gasteiger partial charge in [-0.25, -0.2) is 4.98 Å². The molecular formula is C21H29N3OS2. The van der Waals surface area contributed by atoms with Crippen LogP contribution in [0.15, 0.2) is 24.3 Å². The molecule has 1 amide bonds. The normalized spacial score (nSPS) is 21.2. The third kappa shape index (κ3) is 4.48. The fraction of sp³-hybridized carbons (Fsp3) is 0.619. The first-order valence-electron chi connectivity index (χ1n) is 10.2. The summed E-state index contributed by atoms with van der Waals surface area (Å²) in [5.41, 5.74) is 2.28. The number of carbonyl (C=O) groups excluding carboxylic acids is 1. The molecule has 2 aliphatic heterocycles. The standard InChI is InChI=1S/C21H29N3OS2/c1-23-19-8-4-3-7-18(19)22-21(23)16-10-13-24(14-11-16)20(25)9-5-2-6-17-12-15-26-27-17/h3-4,7-8,16-17H,2,5-6,9-15H2,1H3. The number of hydrogen-bond donors (Lipinski definition) is 0. The zero-order valence-corrected chi connectivity index (χ0v) is 17.7. The second-order valence-corrected chi connectivity index (χ2v) is 10.5. The van der Waals surface area contributed by atoms with E-state index in [2.05, 4.69) is 34.7 Å². The Morgan fingerprint density at radius 2 is 2.00 bits per heavy atom. The van der Waals surface area contributed by atoms with Gasteiger partial charge >= 0.3 is 0 Å². The Balaban J connectivity index is 1.24. The predicted octanol–water partition coefficient (Wildman–Crippen LogP) is 4.99. The van der Waals surface area contributed by atoms with Crippen molar-refractivity contribution in [2.45, 2.75) is 56.1 Å². The molecule has 2 saturated heterocycles. The SMILES string of the molecule is Cn1c(C2CCN(C(=O)CCCCC3CCSS3)CC2)nc2ccccc21. The van der Waals surface area contributed by atoms with Crippen LogP contribution in [0.3, 0.4) is 0 Å². The quantitative estimate of drug-likeness (QED) is 0.503. The van der Waals surface area contributed by atoms with Crippen molar-refractivity contribution in [3.8, 4) is 0 Å². The number of para-hydroxylation sites is 2. The van der Waals surface area contributed by atoms with Crippen molar-refractivity contribution in [1.82, 2.24) is 14.5 Å². The van der Waals surface area contributed by atoms with Crippen LogP contribution >= 0.6 is 21.6 Å². The third-order valence-electron chi connectivity index (χ3n) is 5.93. The number of unbranched alkanes of at least 4 members (excludes halogenated alkanes) is 1. The first-order valence-corrected chi connectivity index (χ1v) is 12.6. The summed E-state index contributed by atoms with van der Waals surface area (Å²) in [6, 6.07) is 8.33. The van der Waals surface area contributed by atoms with E-state index in [0.29, 0.717) is 11.8 Å². The van der Waals surface area contributed by atoms with Gasteiger partial charge < -0.3 is 9.47 Å². The Kier molecular flexibility index (Phi) is 6.33. The summed E-state index contributed by atoms with van der Waals surface area (Å²) in [7, 11) is 6.16. The molecule has 1 atom stereocenters. The number of imidazole rings is 1. The second kappa shape index (κ2) is 8.91. The fourth-order valence-corrected chi connectivity index (χ4v) is 7.31. The molecule has 0 bridgehead atoms. The minimum Gasteiger partial charge on any atom is -0.343 e. The highest BCUT2D eigenvalue weighted by Crippen LogP contribution is 2.40. The molecule has 6 heteroatoms. The average molecular weight is 404 g/mol.